The normalized spacial score (nSPS) is 10.8. The summed E-state index contributed by atoms with van der Waals surface area (Å²) in [6.45, 7) is 1.95. The third-order valence-electron chi connectivity index (χ3n) is 5.02. The first kappa shape index (κ1) is 21.4. The fraction of sp³-hybridized carbons (Fsp3) is 0.174. The summed E-state index contributed by atoms with van der Waals surface area (Å²) in [6.07, 6.45) is 1.31. The Labute approximate surface area is 188 Å². The van der Waals surface area contributed by atoms with Gasteiger partial charge < -0.3 is 14.2 Å². The number of thiophene rings is 1. The summed E-state index contributed by atoms with van der Waals surface area (Å²) in [5, 5.41) is 0.459. The van der Waals surface area contributed by atoms with Crippen molar-refractivity contribution >= 4 is 27.5 Å². The quantitative estimate of drug-likeness (QED) is 0.479. The average Bonchev–Trinajstić information content (AvgIpc) is 3.16. The smallest absolute Gasteiger partial charge is 0.281 e. The molecule has 0 radical (unpaired) electrons. The molecule has 0 bridgehead atoms. The van der Waals surface area contributed by atoms with Gasteiger partial charge >= 0.3 is 0 Å². The molecule has 2 aromatic carbocycles. The number of aromatic nitrogens is 2. The minimum Gasteiger partial charge on any atom is -0.496 e. The van der Waals surface area contributed by atoms with E-state index < -0.39 is 5.91 Å². The van der Waals surface area contributed by atoms with E-state index in [-0.39, 0.29) is 16.9 Å². The highest BCUT2D eigenvalue weighted by atomic mass is 32.1. The zero-order valence-electron chi connectivity index (χ0n) is 18.0. The largest absolute Gasteiger partial charge is 0.496 e. The van der Waals surface area contributed by atoms with Crippen molar-refractivity contribution in [2.75, 3.05) is 26.8 Å². The van der Waals surface area contributed by atoms with Gasteiger partial charge in [0.15, 0.2) is 11.5 Å². The van der Waals surface area contributed by atoms with E-state index in [0.29, 0.717) is 21.7 Å². The lowest BCUT2D eigenvalue weighted by molar-refractivity contribution is 0.100. The summed E-state index contributed by atoms with van der Waals surface area (Å²) < 4.78 is 17.0. The molecule has 0 aliphatic carbocycles. The Morgan fingerprint density at radius 1 is 1.00 bits per heavy atom. The molecule has 0 spiro atoms. The van der Waals surface area contributed by atoms with Gasteiger partial charge in [0, 0.05) is 22.6 Å². The number of aryl methyl sites for hydroxylation is 1. The predicted octanol–water partition coefficient (Wildman–Crippen LogP) is 3.84. The number of rotatable bonds is 6. The van der Waals surface area contributed by atoms with Gasteiger partial charge in [0.25, 0.3) is 11.5 Å². The summed E-state index contributed by atoms with van der Waals surface area (Å²) in [6, 6.07) is 12.7. The summed E-state index contributed by atoms with van der Waals surface area (Å²) in [5.74, 6) is 0.499. The highest BCUT2D eigenvalue weighted by Crippen LogP contribution is 2.36. The lowest BCUT2D eigenvalue weighted by Crippen LogP contribution is -2.33. The number of hydrogen-bond acceptors (Lipinski definition) is 7. The highest BCUT2D eigenvalue weighted by Gasteiger charge is 2.21. The first-order valence-corrected chi connectivity index (χ1v) is 10.5. The maximum absolute atomic E-state index is 13.3. The van der Waals surface area contributed by atoms with Crippen LogP contribution >= 0.6 is 11.3 Å². The van der Waals surface area contributed by atoms with Gasteiger partial charge in [0.05, 0.1) is 32.3 Å². The third kappa shape index (κ3) is 3.67. The molecule has 4 aromatic rings. The van der Waals surface area contributed by atoms with Crippen molar-refractivity contribution in [3.05, 3.63) is 69.6 Å². The van der Waals surface area contributed by atoms with Crippen molar-refractivity contribution < 1.29 is 19.0 Å². The zero-order chi connectivity index (χ0) is 22.8. The minimum atomic E-state index is -0.556. The Balaban J connectivity index is 1.78. The molecule has 0 aliphatic rings. The maximum atomic E-state index is 13.3. The molecule has 1 N–H and O–H groups in total. The Morgan fingerprint density at radius 2 is 1.66 bits per heavy atom. The summed E-state index contributed by atoms with van der Waals surface area (Å²) in [4.78, 5) is 32.3. The van der Waals surface area contributed by atoms with E-state index in [1.165, 1.54) is 45.1 Å². The third-order valence-corrected chi connectivity index (χ3v) is 6.04. The standard InChI is InChI=1S/C23H21N3O5S/c1-13-19(14-8-6-5-7-9-14)20-22(32-13)24-12-26(23(20)28)25-21(27)15-10-17(30-3)18(31-4)11-16(15)29-2/h5-12H,1-4H3,(H,25,27). The second-order valence-electron chi connectivity index (χ2n) is 6.85. The monoisotopic (exact) mass is 451 g/mol. The number of carbonyl (C=O) groups excluding carboxylic acids is 1. The second kappa shape index (κ2) is 8.72. The number of fused-ring (bicyclic) bond motifs is 1. The van der Waals surface area contributed by atoms with Crippen molar-refractivity contribution in [3.8, 4) is 28.4 Å². The molecule has 2 heterocycles. The number of carbonyl (C=O) groups is 1. The first-order chi connectivity index (χ1) is 15.5. The number of methoxy groups -OCH3 is 3. The van der Waals surface area contributed by atoms with Crippen molar-refractivity contribution in [1.29, 1.82) is 0 Å². The molecule has 0 fully saturated rings. The Bertz CT molecular complexity index is 1360. The van der Waals surface area contributed by atoms with E-state index in [1.807, 2.05) is 37.3 Å². The van der Waals surface area contributed by atoms with Crippen LogP contribution in [0.2, 0.25) is 0 Å². The SMILES string of the molecule is COc1cc(OC)c(C(=O)Nn2cnc3sc(C)c(-c4ccccc4)c3c2=O)cc1OC. The molecule has 0 saturated carbocycles. The van der Waals surface area contributed by atoms with Gasteiger partial charge in [0.2, 0.25) is 0 Å². The number of amides is 1. The molecule has 9 heteroatoms. The number of nitrogens with zero attached hydrogens (tertiary/aromatic N) is 2. The lowest BCUT2D eigenvalue weighted by atomic mass is 10.0. The molecule has 0 atom stereocenters. The van der Waals surface area contributed by atoms with Crippen molar-refractivity contribution in [2.24, 2.45) is 0 Å². The van der Waals surface area contributed by atoms with Gasteiger partial charge in [-0.2, -0.15) is 0 Å². The van der Waals surface area contributed by atoms with Crippen LogP contribution in [0.4, 0.5) is 0 Å². The van der Waals surface area contributed by atoms with E-state index >= 15 is 0 Å². The topological polar surface area (TPSA) is 91.7 Å². The van der Waals surface area contributed by atoms with Crippen LogP contribution in [0.25, 0.3) is 21.3 Å². The fourth-order valence-corrected chi connectivity index (χ4v) is 4.51. The summed E-state index contributed by atoms with van der Waals surface area (Å²) in [5.41, 5.74) is 4.15. The van der Waals surface area contributed by atoms with Crippen LogP contribution in [0.15, 0.2) is 53.6 Å². The summed E-state index contributed by atoms with van der Waals surface area (Å²) >= 11 is 1.44. The van der Waals surface area contributed by atoms with Crippen LogP contribution in [-0.2, 0) is 0 Å². The van der Waals surface area contributed by atoms with E-state index in [1.54, 1.807) is 6.07 Å². The number of benzene rings is 2. The van der Waals surface area contributed by atoms with E-state index in [2.05, 4.69) is 10.4 Å². The molecule has 0 unspecified atom stereocenters. The van der Waals surface area contributed by atoms with Crippen LogP contribution in [0.1, 0.15) is 15.2 Å². The maximum Gasteiger partial charge on any atom is 0.281 e. The molecule has 8 nitrogen and oxygen atoms in total. The van der Waals surface area contributed by atoms with Crippen molar-refractivity contribution in [3.63, 3.8) is 0 Å². The first-order valence-electron chi connectivity index (χ1n) is 9.66. The van der Waals surface area contributed by atoms with E-state index in [4.69, 9.17) is 14.2 Å². The average molecular weight is 452 g/mol. The van der Waals surface area contributed by atoms with E-state index in [9.17, 15) is 9.59 Å². The Morgan fingerprint density at radius 3 is 2.31 bits per heavy atom. The summed E-state index contributed by atoms with van der Waals surface area (Å²) in [7, 11) is 4.40. The van der Waals surface area contributed by atoms with Gasteiger partial charge in [0.1, 0.15) is 16.9 Å². The zero-order valence-corrected chi connectivity index (χ0v) is 18.8. The number of hydrogen-bond donors (Lipinski definition) is 1. The van der Waals surface area contributed by atoms with Crippen LogP contribution in [0, 0.1) is 6.92 Å². The molecule has 164 valence electrons. The molecule has 2 aromatic heterocycles. The van der Waals surface area contributed by atoms with Crippen LogP contribution < -0.4 is 25.2 Å². The molecular weight excluding hydrogens is 430 g/mol. The van der Waals surface area contributed by atoms with Crippen molar-refractivity contribution in [2.45, 2.75) is 6.92 Å². The lowest BCUT2D eigenvalue weighted by Gasteiger charge is -2.14. The predicted molar refractivity (Wildman–Crippen MR) is 124 cm³/mol. The minimum absolute atomic E-state index is 0.182. The van der Waals surface area contributed by atoms with Crippen molar-refractivity contribution in [1.82, 2.24) is 9.66 Å². The van der Waals surface area contributed by atoms with Crippen LogP contribution in [0.5, 0.6) is 17.2 Å². The molecule has 4 rings (SSSR count). The van der Waals surface area contributed by atoms with Crippen LogP contribution in [0.3, 0.4) is 0 Å². The van der Waals surface area contributed by atoms with E-state index in [0.717, 1.165) is 20.7 Å². The fourth-order valence-electron chi connectivity index (χ4n) is 3.51. The van der Waals surface area contributed by atoms with Gasteiger partial charge in [-0.3, -0.25) is 15.0 Å². The molecule has 0 saturated heterocycles. The molecular formula is C23H21N3O5S. The molecule has 1 amide bonds. The van der Waals surface area contributed by atoms with Crippen LogP contribution in [-0.4, -0.2) is 36.9 Å². The molecule has 32 heavy (non-hydrogen) atoms. The van der Waals surface area contributed by atoms with Gasteiger partial charge in [-0.1, -0.05) is 30.3 Å². The number of nitrogens with one attached hydrogen (secondary N) is 1. The van der Waals surface area contributed by atoms with Gasteiger partial charge in [-0.15, -0.1) is 11.3 Å². The Hall–Kier alpha value is -3.85. The number of ether oxygens (including phenoxy) is 3. The second-order valence-corrected chi connectivity index (χ2v) is 8.05. The Kier molecular flexibility index (Phi) is 5.83. The molecule has 0 aliphatic heterocycles. The van der Waals surface area contributed by atoms with Gasteiger partial charge in [-0.05, 0) is 12.5 Å². The van der Waals surface area contributed by atoms with Gasteiger partial charge in [-0.25, -0.2) is 9.66 Å². The highest BCUT2D eigenvalue weighted by molar-refractivity contribution is 7.19.